The number of carbonyl (C=O) groups is 3. The molecule has 174 valence electrons. The van der Waals surface area contributed by atoms with Gasteiger partial charge in [-0.3, -0.25) is 19.3 Å². The molecule has 1 heterocycles. The smallest absolute Gasteiger partial charge is 0.326 e. The number of benzene rings is 2. The highest BCUT2D eigenvalue weighted by molar-refractivity contribution is 9.10. The van der Waals surface area contributed by atoms with Gasteiger partial charge in [-0.2, -0.15) is 0 Å². The second-order valence-corrected chi connectivity index (χ2v) is 10.8. The van der Waals surface area contributed by atoms with E-state index in [1.165, 1.54) is 0 Å². The molecule has 1 fully saturated rings. The van der Waals surface area contributed by atoms with E-state index in [0.29, 0.717) is 21.4 Å². The Morgan fingerprint density at radius 1 is 1.12 bits per heavy atom. The fourth-order valence-electron chi connectivity index (χ4n) is 2.83. The lowest BCUT2D eigenvalue weighted by atomic mass is 10.1. The van der Waals surface area contributed by atoms with Crippen LogP contribution in [0.5, 0.6) is 5.75 Å². The third-order valence-electron chi connectivity index (χ3n) is 4.22. The molecule has 3 rings (SSSR count). The summed E-state index contributed by atoms with van der Waals surface area (Å²) in [5.74, 6) is -0.714. The third-order valence-corrected chi connectivity index (χ3v) is 6.36. The van der Waals surface area contributed by atoms with E-state index in [1.54, 1.807) is 63.2 Å². The molecule has 0 aliphatic carbocycles. The van der Waals surface area contributed by atoms with Crippen LogP contribution in [0, 0.1) is 0 Å². The Hall–Kier alpha value is -2.00. The summed E-state index contributed by atoms with van der Waals surface area (Å²) < 4.78 is 11.9. The van der Waals surface area contributed by atoms with E-state index in [9.17, 15) is 14.4 Å². The van der Waals surface area contributed by atoms with Gasteiger partial charge < -0.3 is 9.47 Å². The number of nitrogens with zero attached hydrogens (tertiary/aromatic N) is 1. The van der Waals surface area contributed by atoms with Crippen LogP contribution in [0.1, 0.15) is 31.9 Å². The van der Waals surface area contributed by atoms with Gasteiger partial charge in [0.05, 0.1) is 15.0 Å². The van der Waals surface area contributed by atoms with Gasteiger partial charge in [0, 0.05) is 10.0 Å². The number of carbonyl (C=O) groups excluding carboxylic acids is 3. The molecule has 0 saturated carbocycles. The predicted octanol–water partition coefficient (Wildman–Crippen LogP) is 6.71. The van der Waals surface area contributed by atoms with Gasteiger partial charge in [-0.15, -0.1) is 0 Å². The van der Waals surface area contributed by atoms with Gasteiger partial charge in [0.15, 0.2) is 0 Å². The summed E-state index contributed by atoms with van der Waals surface area (Å²) in [5, 5.41) is 0.338. The summed E-state index contributed by atoms with van der Waals surface area (Å²) in [7, 11) is 0. The molecule has 0 spiro atoms. The second kappa shape index (κ2) is 10.5. The molecule has 33 heavy (non-hydrogen) atoms. The van der Waals surface area contributed by atoms with Gasteiger partial charge in [-0.25, -0.2) is 0 Å². The summed E-state index contributed by atoms with van der Waals surface area (Å²) in [4.78, 5) is 38.3. The van der Waals surface area contributed by atoms with Crippen LogP contribution in [0.3, 0.4) is 0 Å². The van der Waals surface area contributed by atoms with Crippen molar-refractivity contribution in [3.05, 3.63) is 66.9 Å². The topological polar surface area (TPSA) is 72.9 Å². The Balaban J connectivity index is 1.78. The summed E-state index contributed by atoms with van der Waals surface area (Å²) in [5.41, 5.74) is 0.689. The Morgan fingerprint density at radius 3 is 2.52 bits per heavy atom. The van der Waals surface area contributed by atoms with Crippen molar-refractivity contribution in [1.82, 2.24) is 4.90 Å². The molecule has 1 aliphatic heterocycles. The SMILES string of the molecule is CC(C)(C)OC(=O)CN1C(=O)SC(=Cc2cc(Br)ccc2OCc2ccc(Cl)c(Cl)c2)C1=O. The number of thioether (sulfide) groups is 1. The van der Waals surface area contributed by atoms with Gasteiger partial charge in [-0.05, 0) is 74.5 Å². The minimum Gasteiger partial charge on any atom is -0.488 e. The van der Waals surface area contributed by atoms with Crippen LogP contribution in [-0.4, -0.2) is 34.2 Å². The summed E-state index contributed by atoms with van der Waals surface area (Å²) in [6, 6.07) is 10.5. The van der Waals surface area contributed by atoms with Crippen LogP contribution in [-0.2, 0) is 20.9 Å². The molecular weight excluding hydrogens is 553 g/mol. The Kier molecular flexibility index (Phi) is 8.16. The first-order valence-corrected chi connectivity index (χ1v) is 12.1. The Labute approximate surface area is 214 Å². The van der Waals surface area contributed by atoms with Gasteiger partial charge in [-0.1, -0.05) is 45.2 Å². The molecule has 0 aromatic heterocycles. The molecular formula is C23H20BrCl2NO5S. The fourth-order valence-corrected chi connectivity index (χ4v) is 4.36. The van der Waals surface area contributed by atoms with Crippen molar-refractivity contribution in [2.45, 2.75) is 33.0 Å². The largest absolute Gasteiger partial charge is 0.488 e. The maximum absolute atomic E-state index is 12.8. The highest BCUT2D eigenvalue weighted by Gasteiger charge is 2.37. The number of rotatable bonds is 6. The van der Waals surface area contributed by atoms with Crippen molar-refractivity contribution in [1.29, 1.82) is 0 Å². The first-order valence-electron chi connectivity index (χ1n) is 9.76. The van der Waals surface area contributed by atoms with Gasteiger partial charge >= 0.3 is 5.97 Å². The summed E-state index contributed by atoms with van der Waals surface area (Å²) >= 11 is 16.2. The molecule has 2 aromatic carbocycles. The molecule has 0 unspecified atom stereocenters. The average molecular weight is 573 g/mol. The number of amides is 2. The van der Waals surface area contributed by atoms with Crippen molar-refractivity contribution < 1.29 is 23.9 Å². The van der Waals surface area contributed by atoms with Crippen LogP contribution in [0.4, 0.5) is 4.79 Å². The summed E-state index contributed by atoms with van der Waals surface area (Å²) in [6.07, 6.45) is 1.56. The molecule has 0 atom stereocenters. The molecule has 0 bridgehead atoms. The van der Waals surface area contributed by atoms with E-state index in [2.05, 4.69) is 15.9 Å². The van der Waals surface area contributed by atoms with E-state index >= 15 is 0 Å². The average Bonchev–Trinajstić information content (AvgIpc) is 2.96. The van der Waals surface area contributed by atoms with Crippen LogP contribution in [0.25, 0.3) is 6.08 Å². The Morgan fingerprint density at radius 2 is 1.85 bits per heavy atom. The normalized spacial score (nSPS) is 15.3. The number of hydrogen-bond acceptors (Lipinski definition) is 6. The lowest BCUT2D eigenvalue weighted by Gasteiger charge is -2.21. The molecule has 6 nitrogen and oxygen atoms in total. The fraction of sp³-hybridized carbons (Fsp3) is 0.261. The first-order chi connectivity index (χ1) is 15.4. The van der Waals surface area contributed by atoms with Crippen LogP contribution >= 0.6 is 50.9 Å². The number of ether oxygens (including phenoxy) is 2. The molecule has 2 amide bonds. The van der Waals surface area contributed by atoms with Crippen molar-refractivity contribution in [3.8, 4) is 5.75 Å². The van der Waals surface area contributed by atoms with E-state index in [4.69, 9.17) is 32.7 Å². The maximum atomic E-state index is 12.8. The molecule has 0 radical (unpaired) electrons. The highest BCUT2D eigenvalue weighted by atomic mass is 79.9. The van der Waals surface area contributed by atoms with Crippen molar-refractivity contribution >= 4 is 74.1 Å². The zero-order valence-electron chi connectivity index (χ0n) is 18.0. The molecule has 1 saturated heterocycles. The van der Waals surface area contributed by atoms with E-state index in [0.717, 1.165) is 26.7 Å². The van der Waals surface area contributed by atoms with Gasteiger partial charge in [0.25, 0.3) is 11.1 Å². The monoisotopic (exact) mass is 571 g/mol. The predicted molar refractivity (Wildman–Crippen MR) is 133 cm³/mol. The zero-order chi connectivity index (χ0) is 24.3. The molecule has 10 heteroatoms. The minimum atomic E-state index is -0.717. The Bertz CT molecular complexity index is 1150. The summed E-state index contributed by atoms with van der Waals surface area (Å²) in [6.45, 7) is 4.92. The lowest BCUT2D eigenvalue weighted by molar-refractivity contribution is -0.156. The number of hydrogen-bond donors (Lipinski definition) is 0. The van der Waals surface area contributed by atoms with E-state index < -0.39 is 29.3 Å². The van der Waals surface area contributed by atoms with E-state index in [1.807, 2.05) is 0 Å². The van der Waals surface area contributed by atoms with Crippen molar-refractivity contribution in [2.24, 2.45) is 0 Å². The molecule has 1 aliphatic rings. The van der Waals surface area contributed by atoms with Crippen molar-refractivity contribution in [3.63, 3.8) is 0 Å². The number of halogens is 3. The third kappa shape index (κ3) is 6.99. The lowest BCUT2D eigenvalue weighted by Crippen LogP contribution is -2.37. The van der Waals surface area contributed by atoms with Gasteiger partial charge in [0.2, 0.25) is 0 Å². The minimum absolute atomic E-state index is 0.182. The van der Waals surface area contributed by atoms with Crippen LogP contribution in [0.2, 0.25) is 10.0 Å². The molecule has 2 aromatic rings. The number of imide groups is 1. The van der Waals surface area contributed by atoms with Crippen LogP contribution < -0.4 is 4.74 Å². The second-order valence-electron chi connectivity index (χ2n) is 8.07. The van der Waals surface area contributed by atoms with Crippen molar-refractivity contribution in [2.75, 3.05) is 6.54 Å². The van der Waals surface area contributed by atoms with Gasteiger partial charge in [0.1, 0.15) is 24.5 Å². The van der Waals surface area contributed by atoms with E-state index in [-0.39, 0.29) is 11.5 Å². The zero-order valence-corrected chi connectivity index (χ0v) is 21.9. The quantitative estimate of drug-likeness (QED) is 0.283. The standard InChI is InChI=1S/C23H20BrCl2NO5S/c1-23(2,3)32-20(28)11-27-21(29)19(33-22(27)30)10-14-9-15(24)5-7-18(14)31-12-13-4-6-16(25)17(26)8-13/h4-10H,11-12H2,1-3H3. The maximum Gasteiger partial charge on any atom is 0.326 e. The van der Waals surface area contributed by atoms with Crippen LogP contribution in [0.15, 0.2) is 45.8 Å². The molecule has 0 N–H and O–H groups in total. The highest BCUT2D eigenvalue weighted by Crippen LogP contribution is 2.35. The number of esters is 1. The first kappa shape index (κ1) is 25.6.